The predicted molar refractivity (Wildman–Crippen MR) is 77.8 cm³/mol. The Bertz CT molecular complexity index is 495. The van der Waals surface area contributed by atoms with Crippen molar-refractivity contribution in [2.45, 2.75) is 33.1 Å². The maximum absolute atomic E-state index is 12.4. The van der Waals surface area contributed by atoms with Crippen molar-refractivity contribution in [3.05, 3.63) is 23.4 Å². The van der Waals surface area contributed by atoms with Gasteiger partial charge in [-0.3, -0.25) is 4.79 Å². The van der Waals surface area contributed by atoms with E-state index in [0.29, 0.717) is 30.9 Å². The van der Waals surface area contributed by atoms with Gasteiger partial charge in [0.05, 0.1) is 12.5 Å². The second kappa shape index (κ2) is 8.12. The Hall–Kier alpha value is -2.13. The number of nitrogens with one attached hydrogen (secondary N) is 1. The molecule has 0 radical (unpaired) electrons. The number of carbonyl (C=O) groups is 1. The van der Waals surface area contributed by atoms with Gasteiger partial charge in [-0.1, -0.05) is 13.3 Å². The van der Waals surface area contributed by atoms with Crippen LogP contribution in [0, 0.1) is 11.3 Å². The molecule has 0 saturated heterocycles. The summed E-state index contributed by atoms with van der Waals surface area (Å²) in [4.78, 5) is 18.4. The normalized spacial score (nSPS) is 9.90. The lowest BCUT2D eigenvalue weighted by atomic mass is 10.1. The molecule has 108 valence electrons. The van der Waals surface area contributed by atoms with Gasteiger partial charge >= 0.3 is 0 Å². The minimum absolute atomic E-state index is 0.0981. The molecule has 0 bridgehead atoms. The molecule has 0 atom stereocenters. The van der Waals surface area contributed by atoms with Crippen LogP contribution in [0.1, 0.15) is 42.7 Å². The van der Waals surface area contributed by atoms with Crippen molar-refractivity contribution in [3.63, 3.8) is 0 Å². The fourth-order valence-corrected chi connectivity index (χ4v) is 1.94. The summed E-state index contributed by atoms with van der Waals surface area (Å²) in [6.07, 6.45) is 2.06. The van der Waals surface area contributed by atoms with Crippen LogP contribution in [0.4, 0.5) is 5.82 Å². The van der Waals surface area contributed by atoms with Gasteiger partial charge in [-0.2, -0.15) is 5.26 Å². The SMILES string of the molecule is CCCc1cc(C(=O)N(CC)CCC#N)cc(NN)n1. The lowest BCUT2D eigenvalue weighted by molar-refractivity contribution is 0.0767. The van der Waals surface area contributed by atoms with Crippen LogP contribution in [0.2, 0.25) is 0 Å². The number of hydrogen-bond acceptors (Lipinski definition) is 5. The number of nitriles is 1. The summed E-state index contributed by atoms with van der Waals surface area (Å²) in [5.41, 5.74) is 3.87. The number of rotatable bonds is 7. The topological polar surface area (TPSA) is 95.0 Å². The zero-order valence-corrected chi connectivity index (χ0v) is 12.0. The van der Waals surface area contributed by atoms with Crippen LogP contribution in [0.15, 0.2) is 12.1 Å². The van der Waals surface area contributed by atoms with Crippen molar-refractivity contribution in [2.75, 3.05) is 18.5 Å². The highest BCUT2D eigenvalue weighted by molar-refractivity contribution is 5.95. The Morgan fingerprint density at radius 3 is 2.80 bits per heavy atom. The molecule has 0 aromatic carbocycles. The molecule has 1 heterocycles. The molecule has 0 unspecified atom stereocenters. The van der Waals surface area contributed by atoms with E-state index in [9.17, 15) is 4.79 Å². The molecule has 1 amide bonds. The number of anilines is 1. The summed E-state index contributed by atoms with van der Waals surface area (Å²) in [7, 11) is 0. The van der Waals surface area contributed by atoms with Crippen LogP contribution >= 0.6 is 0 Å². The van der Waals surface area contributed by atoms with Crippen LogP contribution in [0.25, 0.3) is 0 Å². The van der Waals surface area contributed by atoms with E-state index >= 15 is 0 Å². The molecule has 0 spiro atoms. The van der Waals surface area contributed by atoms with Crippen molar-refractivity contribution in [3.8, 4) is 6.07 Å². The highest BCUT2D eigenvalue weighted by Crippen LogP contribution is 2.14. The Balaban J connectivity index is 3.00. The summed E-state index contributed by atoms with van der Waals surface area (Å²) < 4.78 is 0. The fourth-order valence-electron chi connectivity index (χ4n) is 1.94. The number of amides is 1. The van der Waals surface area contributed by atoms with Crippen LogP contribution < -0.4 is 11.3 Å². The molecule has 1 aromatic heterocycles. The number of nitrogens with zero attached hydrogens (tertiary/aromatic N) is 3. The van der Waals surface area contributed by atoms with Gasteiger partial charge in [0.15, 0.2) is 0 Å². The third kappa shape index (κ3) is 4.21. The van der Waals surface area contributed by atoms with E-state index in [2.05, 4.69) is 23.4 Å². The molecule has 6 heteroatoms. The largest absolute Gasteiger partial charge is 0.338 e. The average Bonchev–Trinajstić information content (AvgIpc) is 2.47. The Morgan fingerprint density at radius 2 is 2.25 bits per heavy atom. The highest BCUT2D eigenvalue weighted by atomic mass is 16.2. The van der Waals surface area contributed by atoms with E-state index in [4.69, 9.17) is 11.1 Å². The maximum Gasteiger partial charge on any atom is 0.254 e. The predicted octanol–water partition coefficient (Wildman–Crippen LogP) is 1.70. The Kier molecular flexibility index (Phi) is 6.47. The van der Waals surface area contributed by atoms with Gasteiger partial charge in [0.2, 0.25) is 0 Å². The van der Waals surface area contributed by atoms with Crippen molar-refractivity contribution in [1.82, 2.24) is 9.88 Å². The number of pyridine rings is 1. The summed E-state index contributed by atoms with van der Waals surface area (Å²) >= 11 is 0. The van der Waals surface area contributed by atoms with Gasteiger partial charge in [-0.25, -0.2) is 10.8 Å². The van der Waals surface area contributed by atoms with Crippen LogP contribution in [-0.2, 0) is 6.42 Å². The van der Waals surface area contributed by atoms with Gasteiger partial charge in [-0.15, -0.1) is 0 Å². The minimum atomic E-state index is -0.0981. The number of aromatic nitrogens is 1. The van der Waals surface area contributed by atoms with Crippen molar-refractivity contribution in [2.24, 2.45) is 5.84 Å². The fraction of sp³-hybridized carbons (Fsp3) is 0.500. The van der Waals surface area contributed by atoms with Crippen molar-refractivity contribution >= 4 is 11.7 Å². The second-order valence-corrected chi connectivity index (χ2v) is 4.42. The molecule has 3 N–H and O–H groups in total. The van der Waals surface area contributed by atoms with Crippen LogP contribution in [0.5, 0.6) is 0 Å². The first kappa shape index (κ1) is 15.9. The van der Waals surface area contributed by atoms with Gasteiger partial charge in [0, 0.05) is 24.3 Å². The molecule has 0 aliphatic carbocycles. The van der Waals surface area contributed by atoms with Gasteiger partial charge in [0.25, 0.3) is 5.91 Å². The quantitative estimate of drug-likeness (QED) is 0.583. The molecule has 1 aromatic rings. The molecule has 0 fully saturated rings. The number of aryl methyl sites for hydroxylation is 1. The number of carbonyl (C=O) groups excluding carboxylic acids is 1. The second-order valence-electron chi connectivity index (χ2n) is 4.42. The monoisotopic (exact) mass is 275 g/mol. The van der Waals surface area contributed by atoms with E-state index in [-0.39, 0.29) is 5.91 Å². The zero-order chi connectivity index (χ0) is 15.0. The molecule has 1 rings (SSSR count). The van der Waals surface area contributed by atoms with Gasteiger partial charge in [0.1, 0.15) is 5.82 Å². The first-order chi connectivity index (χ1) is 9.65. The highest BCUT2D eigenvalue weighted by Gasteiger charge is 2.15. The zero-order valence-electron chi connectivity index (χ0n) is 12.0. The first-order valence-corrected chi connectivity index (χ1v) is 6.80. The summed E-state index contributed by atoms with van der Waals surface area (Å²) in [6.45, 7) is 4.95. The number of nitrogen functional groups attached to an aromatic ring is 1. The van der Waals surface area contributed by atoms with E-state index in [1.807, 2.05) is 6.92 Å². The molecular weight excluding hydrogens is 254 g/mol. The van der Waals surface area contributed by atoms with E-state index in [1.165, 1.54) is 0 Å². The smallest absolute Gasteiger partial charge is 0.254 e. The van der Waals surface area contributed by atoms with E-state index in [0.717, 1.165) is 18.5 Å². The van der Waals surface area contributed by atoms with E-state index in [1.54, 1.807) is 17.0 Å². The number of hydrazine groups is 1. The van der Waals surface area contributed by atoms with Crippen molar-refractivity contribution < 1.29 is 4.79 Å². The third-order valence-corrected chi connectivity index (χ3v) is 2.94. The Morgan fingerprint density at radius 1 is 1.50 bits per heavy atom. The van der Waals surface area contributed by atoms with Crippen LogP contribution in [0.3, 0.4) is 0 Å². The standard InChI is InChI=1S/C14H21N5O/c1-3-6-12-9-11(10-13(17-12)18-16)14(20)19(4-2)8-5-7-15/h9-10H,3-6,8,16H2,1-2H3,(H,17,18). The van der Waals surface area contributed by atoms with Crippen molar-refractivity contribution in [1.29, 1.82) is 5.26 Å². The molecule has 20 heavy (non-hydrogen) atoms. The average molecular weight is 275 g/mol. The lowest BCUT2D eigenvalue weighted by Gasteiger charge is -2.20. The lowest BCUT2D eigenvalue weighted by Crippen LogP contribution is -2.32. The Labute approximate surface area is 119 Å². The maximum atomic E-state index is 12.4. The summed E-state index contributed by atoms with van der Waals surface area (Å²) in [5, 5.41) is 8.63. The van der Waals surface area contributed by atoms with Gasteiger partial charge < -0.3 is 10.3 Å². The van der Waals surface area contributed by atoms with E-state index < -0.39 is 0 Å². The summed E-state index contributed by atoms with van der Waals surface area (Å²) in [6, 6.07) is 5.48. The summed E-state index contributed by atoms with van der Waals surface area (Å²) in [5.74, 6) is 5.78. The third-order valence-electron chi connectivity index (χ3n) is 2.94. The molecule has 6 nitrogen and oxygen atoms in total. The molecule has 0 saturated carbocycles. The minimum Gasteiger partial charge on any atom is -0.338 e. The molecule has 0 aliphatic heterocycles. The number of nitrogens with two attached hydrogens (primary N) is 1. The van der Waals surface area contributed by atoms with Gasteiger partial charge in [-0.05, 0) is 25.5 Å². The molecule has 0 aliphatic rings. The van der Waals surface area contributed by atoms with Crippen LogP contribution in [-0.4, -0.2) is 28.9 Å². The first-order valence-electron chi connectivity index (χ1n) is 6.80. The molecular formula is C14H21N5O. The number of hydrogen-bond donors (Lipinski definition) is 2.